The van der Waals surface area contributed by atoms with Gasteiger partial charge in [-0.3, -0.25) is 9.59 Å². The van der Waals surface area contributed by atoms with E-state index in [2.05, 4.69) is 15.5 Å². The van der Waals surface area contributed by atoms with Crippen LogP contribution in [0.4, 0.5) is 5.69 Å². The molecule has 1 amide bonds. The molecular weight excluding hydrogens is 250 g/mol. The maximum Gasteiger partial charge on any atom is 0.335 e. The van der Waals surface area contributed by atoms with E-state index in [1.54, 1.807) is 0 Å². The van der Waals surface area contributed by atoms with E-state index in [-0.39, 0.29) is 16.8 Å². The van der Waals surface area contributed by atoms with Crippen LogP contribution in [-0.4, -0.2) is 27.2 Å². The first-order valence-electron chi connectivity index (χ1n) is 5.26. The first-order valence-corrected chi connectivity index (χ1v) is 5.26. The van der Waals surface area contributed by atoms with Gasteiger partial charge in [0.05, 0.1) is 5.56 Å². The quantitative estimate of drug-likeness (QED) is 0.751. The van der Waals surface area contributed by atoms with Crippen molar-refractivity contribution >= 4 is 17.6 Å². The second-order valence-corrected chi connectivity index (χ2v) is 3.64. The number of H-pyrrole nitrogens is 1. The zero-order valence-corrected chi connectivity index (χ0v) is 9.58. The summed E-state index contributed by atoms with van der Waals surface area (Å²) in [6.07, 6.45) is 1.34. The third-order valence-electron chi connectivity index (χ3n) is 2.37. The van der Waals surface area contributed by atoms with Crippen LogP contribution < -0.4 is 10.9 Å². The number of anilines is 1. The summed E-state index contributed by atoms with van der Waals surface area (Å²) >= 11 is 0. The van der Waals surface area contributed by atoms with Gasteiger partial charge in [0.15, 0.2) is 0 Å². The number of carboxylic acids is 1. The van der Waals surface area contributed by atoms with Crippen LogP contribution in [-0.2, 0) is 0 Å². The van der Waals surface area contributed by atoms with Crippen molar-refractivity contribution in [3.63, 3.8) is 0 Å². The number of carboxylic acid groups (broad SMARTS) is 1. The molecule has 2 rings (SSSR count). The van der Waals surface area contributed by atoms with Crippen LogP contribution in [0.1, 0.15) is 20.7 Å². The number of aromatic carboxylic acids is 1. The predicted octanol–water partition coefficient (Wildman–Crippen LogP) is 0.720. The van der Waals surface area contributed by atoms with Gasteiger partial charge in [-0.15, -0.1) is 0 Å². The topological polar surface area (TPSA) is 112 Å². The molecule has 0 fully saturated rings. The summed E-state index contributed by atoms with van der Waals surface area (Å²) in [6, 6.07) is 6.73. The summed E-state index contributed by atoms with van der Waals surface area (Å²) in [7, 11) is 0. The van der Waals surface area contributed by atoms with Crippen molar-refractivity contribution in [2.45, 2.75) is 0 Å². The third-order valence-corrected chi connectivity index (χ3v) is 2.37. The molecule has 0 radical (unpaired) electrons. The molecule has 19 heavy (non-hydrogen) atoms. The van der Waals surface area contributed by atoms with Crippen LogP contribution in [0, 0.1) is 0 Å². The van der Waals surface area contributed by atoms with Gasteiger partial charge in [0.1, 0.15) is 5.69 Å². The number of hydrogen-bond donors (Lipinski definition) is 3. The Morgan fingerprint density at radius 1 is 1.11 bits per heavy atom. The van der Waals surface area contributed by atoms with Gasteiger partial charge < -0.3 is 10.4 Å². The molecule has 0 aliphatic rings. The Morgan fingerprint density at radius 3 is 2.32 bits per heavy atom. The molecule has 0 saturated heterocycles. The summed E-state index contributed by atoms with van der Waals surface area (Å²) in [6.45, 7) is 0. The Hall–Kier alpha value is -2.96. The minimum Gasteiger partial charge on any atom is -0.478 e. The average Bonchev–Trinajstić information content (AvgIpc) is 2.41. The smallest absolute Gasteiger partial charge is 0.335 e. The molecule has 0 aliphatic heterocycles. The van der Waals surface area contributed by atoms with Gasteiger partial charge in [0.2, 0.25) is 0 Å². The summed E-state index contributed by atoms with van der Waals surface area (Å²) in [4.78, 5) is 33.8. The van der Waals surface area contributed by atoms with Gasteiger partial charge in [-0.25, -0.2) is 9.89 Å². The maximum absolute atomic E-state index is 11.8. The SMILES string of the molecule is O=C(O)c1ccc(C(=O)Nc2ccn[nH]c2=O)cc1. The van der Waals surface area contributed by atoms with Gasteiger partial charge in [-0.05, 0) is 30.3 Å². The van der Waals surface area contributed by atoms with E-state index in [1.165, 1.54) is 36.5 Å². The minimum absolute atomic E-state index is 0.0716. The lowest BCUT2D eigenvalue weighted by molar-refractivity contribution is 0.0696. The van der Waals surface area contributed by atoms with Crippen molar-refractivity contribution in [3.8, 4) is 0 Å². The number of nitrogens with zero attached hydrogens (tertiary/aromatic N) is 1. The Labute approximate surface area is 106 Å². The number of rotatable bonds is 3. The zero-order valence-electron chi connectivity index (χ0n) is 9.58. The number of hydrogen-bond acceptors (Lipinski definition) is 4. The zero-order chi connectivity index (χ0) is 13.8. The van der Waals surface area contributed by atoms with Gasteiger partial charge in [-0.2, -0.15) is 5.10 Å². The molecule has 1 aromatic carbocycles. The van der Waals surface area contributed by atoms with Crippen LogP contribution in [0.5, 0.6) is 0 Å². The molecule has 1 heterocycles. The van der Waals surface area contributed by atoms with Crippen LogP contribution in [0.3, 0.4) is 0 Å². The van der Waals surface area contributed by atoms with Gasteiger partial charge in [-0.1, -0.05) is 0 Å². The van der Waals surface area contributed by atoms with Crippen molar-refractivity contribution < 1.29 is 14.7 Å². The second kappa shape index (κ2) is 5.13. The van der Waals surface area contributed by atoms with E-state index in [9.17, 15) is 14.4 Å². The summed E-state index contributed by atoms with van der Waals surface area (Å²) in [5.74, 6) is -1.58. The van der Waals surface area contributed by atoms with E-state index >= 15 is 0 Å². The number of aromatic amines is 1. The fourth-order valence-corrected chi connectivity index (χ4v) is 1.40. The number of carbonyl (C=O) groups is 2. The molecule has 0 unspecified atom stereocenters. The fraction of sp³-hybridized carbons (Fsp3) is 0. The Morgan fingerprint density at radius 2 is 1.74 bits per heavy atom. The largest absolute Gasteiger partial charge is 0.478 e. The van der Waals surface area contributed by atoms with Crippen LogP contribution >= 0.6 is 0 Å². The summed E-state index contributed by atoms with van der Waals surface area (Å²) in [5.41, 5.74) is -0.111. The highest BCUT2D eigenvalue weighted by molar-refractivity contribution is 6.04. The first kappa shape index (κ1) is 12.5. The molecule has 7 nitrogen and oxygen atoms in total. The Kier molecular flexibility index (Phi) is 3.37. The van der Waals surface area contributed by atoms with Crippen molar-refractivity contribution in [1.82, 2.24) is 10.2 Å². The molecule has 7 heteroatoms. The number of benzene rings is 1. The molecule has 0 atom stereocenters. The van der Waals surface area contributed by atoms with Crippen molar-refractivity contribution in [3.05, 3.63) is 58.0 Å². The molecular formula is C12H9N3O4. The molecule has 0 aliphatic carbocycles. The van der Waals surface area contributed by atoms with Crippen molar-refractivity contribution in [2.75, 3.05) is 5.32 Å². The molecule has 0 saturated carbocycles. The lowest BCUT2D eigenvalue weighted by Gasteiger charge is -2.04. The Bertz CT molecular complexity index is 676. The lowest BCUT2D eigenvalue weighted by atomic mass is 10.1. The maximum atomic E-state index is 11.8. The van der Waals surface area contributed by atoms with E-state index < -0.39 is 17.4 Å². The van der Waals surface area contributed by atoms with Crippen molar-refractivity contribution in [1.29, 1.82) is 0 Å². The molecule has 96 valence electrons. The van der Waals surface area contributed by atoms with Crippen LogP contribution in [0.15, 0.2) is 41.3 Å². The van der Waals surface area contributed by atoms with Crippen molar-refractivity contribution in [2.24, 2.45) is 0 Å². The number of amides is 1. The third kappa shape index (κ3) is 2.83. The van der Waals surface area contributed by atoms with Crippen LogP contribution in [0.2, 0.25) is 0 Å². The van der Waals surface area contributed by atoms with Gasteiger partial charge >= 0.3 is 5.97 Å². The van der Waals surface area contributed by atoms with E-state index in [0.29, 0.717) is 0 Å². The highest BCUT2D eigenvalue weighted by Gasteiger charge is 2.09. The number of aromatic nitrogens is 2. The molecule has 0 bridgehead atoms. The monoisotopic (exact) mass is 259 g/mol. The fourth-order valence-electron chi connectivity index (χ4n) is 1.40. The van der Waals surface area contributed by atoms with E-state index in [0.717, 1.165) is 0 Å². The molecule has 3 N–H and O–H groups in total. The second-order valence-electron chi connectivity index (χ2n) is 3.64. The highest BCUT2D eigenvalue weighted by Crippen LogP contribution is 2.07. The number of nitrogens with one attached hydrogen (secondary N) is 2. The first-order chi connectivity index (χ1) is 9.08. The normalized spacial score (nSPS) is 9.89. The predicted molar refractivity (Wildman–Crippen MR) is 66.2 cm³/mol. The van der Waals surface area contributed by atoms with Gasteiger partial charge in [0.25, 0.3) is 11.5 Å². The minimum atomic E-state index is -1.07. The lowest BCUT2D eigenvalue weighted by Crippen LogP contribution is -2.20. The van der Waals surface area contributed by atoms with Crippen LogP contribution in [0.25, 0.3) is 0 Å². The van der Waals surface area contributed by atoms with Gasteiger partial charge in [0, 0.05) is 11.8 Å². The summed E-state index contributed by atoms with van der Waals surface area (Å²) in [5, 5.41) is 16.8. The Balaban J connectivity index is 2.19. The molecule has 1 aromatic heterocycles. The standard InChI is InChI=1S/C12H9N3O4/c16-10(14-9-5-6-13-15-11(9)17)7-1-3-8(4-2-7)12(18)19/h1-6H,(H,15,17)(H,18,19)(H,13,14,16). The summed E-state index contributed by atoms with van der Waals surface area (Å²) < 4.78 is 0. The highest BCUT2D eigenvalue weighted by atomic mass is 16.4. The average molecular weight is 259 g/mol. The molecule has 2 aromatic rings. The van der Waals surface area contributed by atoms with E-state index in [1.807, 2.05) is 0 Å². The van der Waals surface area contributed by atoms with E-state index in [4.69, 9.17) is 5.11 Å². The number of carbonyl (C=O) groups excluding carboxylic acids is 1. The molecule has 0 spiro atoms.